The summed E-state index contributed by atoms with van der Waals surface area (Å²) in [5, 5.41) is 0. The van der Waals surface area contributed by atoms with Gasteiger partial charge in [0.15, 0.2) is 17.6 Å². The van der Waals surface area contributed by atoms with Crippen molar-refractivity contribution >= 4 is 0 Å². The van der Waals surface area contributed by atoms with Crippen molar-refractivity contribution in [3.63, 3.8) is 0 Å². The predicted octanol–water partition coefficient (Wildman–Crippen LogP) is 2.04. The third-order valence-corrected chi connectivity index (χ3v) is 3.03. The molecule has 0 saturated heterocycles. The maximum atomic E-state index is 5.30. The van der Waals surface area contributed by atoms with Gasteiger partial charge in [-0.2, -0.15) is 4.57 Å². The smallest absolute Gasteiger partial charge is 0.367 e. The summed E-state index contributed by atoms with van der Waals surface area (Å²) in [6.45, 7) is 6.91. The van der Waals surface area contributed by atoms with E-state index in [-0.39, 0.29) is 0 Å². The Labute approximate surface area is 116 Å². The molecule has 0 radical (unpaired) electrons. The van der Waals surface area contributed by atoms with Gasteiger partial charge in [-0.15, -0.1) is 0 Å². The summed E-state index contributed by atoms with van der Waals surface area (Å²) in [4.78, 5) is 0. The van der Waals surface area contributed by atoms with Crippen molar-refractivity contribution in [3.8, 4) is 5.88 Å². The van der Waals surface area contributed by atoms with Crippen molar-refractivity contribution in [2.75, 3.05) is 6.61 Å². The minimum Gasteiger partial charge on any atom is -0.445 e. The summed E-state index contributed by atoms with van der Waals surface area (Å²) in [6.07, 6.45) is 1.96. The van der Waals surface area contributed by atoms with Crippen LogP contribution in [0, 0.1) is 13.8 Å². The normalized spacial score (nSPS) is 9.53. The van der Waals surface area contributed by atoms with E-state index in [0.29, 0.717) is 0 Å². The molecule has 0 atom stereocenters. The van der Waals surface area contributed by atoms with Crippen LogP contribution < -0.4 is 13.9 Å². The van der Waals surface area contributed by atoms with Crippen molar-refractivity contribution in [2.45, 2.75) is 20.8 Å². The van der Waals surface area contributed by atoms with Crippen LogP contribution in [0.3, 0.4) is 0 Å². The predicted molar refractivity (Wildman–Crippen MR) is 75.9 cm³/mol. The highest BCUT2D eigenvalue weighted by Crippen LogP contribution is 1.98. The molecule has 0 bridgehead atoms. The lowest BCUT2D eigenvalue weighted by Crippen LogP contribution is -2.34. The van der Waals surface area contributed by atoms with Crippen LogP contribution >= 0.6 is 0 Å². The van der Waals surface area contributed by atoms with Gasteiger partial charge >= 0.3 is 5.88 Å². The van der Waals surface area contributed by atoms with Gasteiger partial charge in [-0.05, 0) is 19.1 Å². The third kappa shape index (κ3) is 4.70. The van der Waals surface area contributed by atoms with Crippen molar-refractivity contribution in [1.82, 2.24) is 0 Å². The van der Waals surface area contributed by atoms with Gasteiger partial charge < -0.3 is 4.74 Å². The molecule has 0 aliphatic carbocycles. The van der Waals surface area contributed by atoms with Gasteiger partial charge in [0, 0.05) is 32.0 Å². The summed E-state index contributed by atoms with van der Waals surface area (Å²) in [5.41, 5.74) is 2.60. The lowest BCUT2D eigenvalue weighted by Gasteiger charge is -1.97. The molecule has 0 spiro atoms. The molecule has 19 heavy (non-hydrogen) atoms. The average Bonchev–Trinajstić information content (AvgIpc) is 2.40. The highest BCUT2D eigenvalue weighted by molar-refractivity contribution is 5.02. The number of hydrogen-bond acceptors (Lipinski definition) is 1. The van der Waals surface area contributed by atoms with Gasteiger partial charge in [0.2, 0.25) is 0 Å². The highest BCUT2D eigenvalue weighted by Gasteiger charge is 2.02. The first-order chi connectivity index (χ1) is 9.06. The van der Waals surface area contributed by atoms with Crippen LogP contribution in [0.25, 0.3) is 0 Å². The van der Waals surface area contributed by atoms with Crippen LogP contribution in [-0.4, -0.2) is 6.61 Å². The number of nitrogens with zero attached hydrogens (tertiary/aromatic N) is 2. The number of ether oxygens (including phenoxy) is 1. The third-order valence-electron chi connectivity index (χ3n) is 3.03. The van der Waals surface area contributed by atoms with E-state index in [9.17, 15) is 0 Å². The largest absolute Gasteiger partial charge is 0.445 e. The Bertz CT molecular complexity index is 504. The molecule has 0 aliphatic rings. The van der Waals surface area contributed by atoms with E-state index in [2.05, 4.69) is 43.7 Å². The average molecular weight is 260 g/mol. The second kappa shape index (κ2) is 7.52. The van der Waals surface area contributed by atoms with E-state index in [1.54, 1.807) is 0 Å². The quantitative estimate of drug-likeness (QED) is 0.755. The molecular formula is C16H24N2O+2. The molecule has 3 nitrogen and oxygen atoms in total. The topological polar surface area (TPSA) is 17.0 Å². The molecule has 2 rings (SSSR count). The zero-order valence-corrected chi connectivity index (χ0v) is 12.6. The molecule has 0 aromatic carbocycles. The Morgan fingerprint density at radius 2 is 1.58 bits per heavy atom. The molecular weight excluding hydrogens is 236 g/mol. The summed E-state index contributed by atoms with van der Waals surface area (Å²) >= 11 is 0. The molecule has 102 valence electrons. The fourth-order valence-electron chi connectivity index (χ4n) is 1.63. The lowest BCUT2D eigenvalue weighted by atomic mass is 10.3. The fraction of sp³-hybridized carbons (Fsp3) is 0.375. The first-order valence-electron chi connectivity index (χ1n) is 6.56. The molecule has 3 heteroatoms. The Balaban J connectivity index is 0.000000191. The molecule has 2 heterocycles. The highest BCUT2D eigenvalue weighted by atomic mass is 16.5. The van der Waals surface area contributed by atoms with E-state index in [1.165, 1.54) is 11.4 Å². The van der Waals surface area contributed by atoms with E-state index in [0.717, 1.165) is 12.5 Å². The van der Waals surface area contributed by atoms with Crippen LogP contribution in [0.2, 0.25) is 0 Å². The zero-order chi connectivity index (χ0) is 14.3. The zero-order valence-electron chi connectivity index (χ0n) is 12.6. The summed E-state index contributed by atoms with van der Waals surface area (Å²) in [6, 6.07) is 12.2. The number of aryl methyl sites for hydroxylation is 3. The molecule has 0 aliphatic heterocycles. The first kappa shape index (κ1) is 15.2. The summed E-state index contributed by atoms with van der Waals surface area (Å²) in [5.74, 6) is 0.907. The maximum Gasteiger partial charge on any atom is 0.367 e. The molecule has 0 N–H and O–H groups in total. The second-order valence-electron chi connectivity index (χ2n) is 4.45. The van der Waals surface area contributed by atoms with Gasteiger partial charge in [-0.3, -0.25) is 0 Å². The summed E-state index contributed by atoms with van der Waals surface area (Å²) in [7, 11) is 4.04. The Kier molecular flexibility index (Phi) is 6.00. The number of aromatic nitrogens is 2. The van der Waals surface area contributed by atoms with E-state index in [4.69, 9.17) is 4.74 Å². The monoisotopic (exact) mass is 260 g/mol. The number of rotatable bonds is 2. The molecule has 0 unspecified atom stereocenters. The SMILES string of the molecule is CCOc1cccc[n+]1C.Cc1cccc(C)[n+]1C. The van der Waals surface area contributed by atoms with Gasteiger partial charge in [-0.25, -0.2) is 4.57 Å². The minimum absolute atomic E-state index is 0.720. The van der Waals surface area contributed by atoms with Gasteiger partial charge in [0.1, 0.15) is 14.1 Å². The molecule has 2 aromatic heterocycles. The lowest BCUT2D eigenvalue weighted by molar-refractivity contribution is -0.683. The van der Waals surface area contributed by atoms with Crippen LogP contribution in [0.5, 0.6) is 5.88 Å². The van der Waals surface area contributed by atoms with Gasteiger partial charge in [0.25, 0.3) is 0 Å². The number of hydrogen-bond donors (Lipinski definition) is 0. The molecule has 0 fully saturated rings. The van der Waals surface area contributed by atoms with Gasteiger partial charge in [0.05, 0.1) is 12.7 Å². The standard InChI is InChI=1S/C8H12NO.C8H12N/c1-3-10-8-6-4-5-7-9(8)2;1-7-5-4-6-8(2)9(7)3/h4-7H,3H2,1-2H3;4-6H,1-3H3/q2*+1. The summed E-state index contributed by atoms with van der Waals surface area (Å²) < 4.78 is 9.41. The van der Waals surface area contributed by atoms with E-state index in [1.807, 2.05) is 42.9 Å². The van der Waals surface area contributed by atoms with Crippen LogP contribution in [0.15, 0.2) is 42.6 Å². The van der Waals surface area contributed by atoms with Crippen LogP contribution in [-0.2, 0) is 14.1 Å². The molecule has 0 amide bonds. The van der Waals surface area contributed by atoms with Crippen molar-refractivity contribution in [3.05, 3.63) is 54.0 Å². The van der Waals surface area contributed by atoms with E-state index < -0.39 is 0 Å². The van der Waals surface area contributed by atoms with E-state index >= 15 is 0 Å². The van der Waals surface area contributed by atoms with Crippen molar-refractivity contribution in [2.24, 2.45) is 14.1 Å². The van der Waals surface area contributed by atoms with Gasteiger partial charge in [-0.1, -0.05) is 0 Å². The second-order valence-corrected chi connectivity index (χ2v) is 4.45. The molecule has 2 aromatic rings. The Hall–Kier alpha value is -1.90. The van der Waals surface area contributed by atoms with Crippen LogP contribution in [0.1, 0.15) is 18.3 Å². The van der Waals surface area contributed by atoms with Crippen LogP contribution in [0.4, 0.5) is 0 Å². The maximum absolute atomic E-state index is 5.30. The Morgan fingerprint density at radius 1 is 0.947 bits per heavy atom. The Morgan fingerprint density at radius 3 is 2.05 bits per heavy atom. The number of pyridine rings is 2. The fourth-order valence-corrected chi connectivity index (χ4v) is 1.63. The first-order valence-corrected chi connectivity index (χ1v) is 6.56. The van der Waals surface area contributed by atoms with Crippen molar-refractivity contribution in [1.29, 1.82) is 0 Å². The van der Waals surface area contributed by atoms with Crippen molar-refractivity contribution < 1.29 is 13.9 Å². The minimum atomic E-state index is 0.720. The molecule has 0 saturated carbocycles.